The average Bonchev–Trinajstić information content (AvgIpc) is 2.65. The van der Waals surface area contributed by atoms with Crippen molar-refractivity contribution in [2.24, 2.45) is 11.8 Å². The predicted molar refractivity (Wildman–Crippen MR) is 76.3 cm³/mol. The molecule has 0 saturated carbocycles. The van der Waals surface area contributed by atoms with E-state index in [1.54, 1.807) is 0 Å². The molecular formula is C15H24N4. The SMILES string of the molecule is Cc1ccncc1C(NN)C1CC2CCC(C1)N2C. The van der Waals surface area contributed by atoms with Crippen LogP contribution in [-0.4, -0.2) is 29.0 Å². The average molecular weight is 260 g/mol. The van der Waals surface area contributed by atoms with E-state index in [1.165, 1.54) is 36.8 Å². The van der Waals surface area contributed by atoms with Gasteiger partial charge in [-0.05, 0) is 62.8 Å². The molecule has 104 valence electrons. The van der Waals surface area contributed by atoms with Crippen LogP contribution in [0.15, 0.2) is 18.5 Å². The van der Waals surface area contributed by atoms with Gasteiger partial charge in [-0.3, -0.25) is 16.3 Å². The Morgan fingerprint density at radius 1 is 1.37 bits per heavy atom. The molecule has 3 rings (SSSR count). The second-order valence-electron chi connectivity index (χ2n) is 6.16. The quantitative estimate of drug-likeness (QED) is 0.642. The second kappa shape index (κ2) is 5.19. The summed E-state index contributed by atoms with van der Waals surface area (Å²) in [5.41, 5.74) is 5.60. The molecule has 2 aliphatic rings. The fourth-order valence-corrected chi connectivity index (χ4v) is 4.01. The zero-order valence-electron chi connectivity index (χ0n) is 11.8. The summed E-state index contributed by atoms with van der Waals surface area (Å²) in [6.45, 7) is 2.14. The van der Waals surface area contributed by atoms with Crippen molar-refractivity contribution in [1.82, 2.24) is 15.3 Å². The summed E-state index contributed by atoms with van der Waals surface area (Å²) < 4.78 is 0. The minimum Gasteiger partial charge on any atom is -0.300 e. The highest BCUT2D eigenvalue weighted by atomic mass is 15.2. The number of nitrogens with zero attached hydrogens (tertiary/aromatic N) is 2. The molecule has 4 heteroatoms. The Balaban J connectivity index is 1.82. The Hall–Kier alpha value is -0.970. The lowest BCUT2D eigenvalue weighted by Gasteiger charge is -2.40. The highest BCUT2D eigenvalue weighted by Crippen LogP contribution is 2.42. The van der Waals surface area contributed by atoms with Gasteiger partial charge in [-0.2, -0.15) is 0 Å². The van der Waals surface area contributed by atoms with Crippen LogP contribution in [0, 0.1) is 12.8 Å². The van der Waals surface area contributed by atoms with Crippen molar-refractivity contribution in [3.63, 3.8) is 0 Å². The summed E-state index contributed by atoms with van der Waals surface area (Å²) in [5.74, 6) is 6.49. The number of nitrogens with one attached hydrogen (secondary N) is 1. The first-order valence-corrected chi connectivity index (χ1v) is 7.29. The molecule has 3 heterocycles. The number of aryl methyl sites for hydroxylation is 1. The number of fused-ring (bicyclic) bond motifs is 2. The number of piperidine rings is 1. The van der Waals surface area contributed by atoms with Gasteiger partial charge < -0.3 is 4.90 Å². The van der Waals surface area contributed by atoms with Crippen LogP contribution in [0.25, 0.3) is 0 Å². The van der Waals surface area contributed by atoms with Gasteiger partial charge in [0.1, 0.15) is 0 Å². The van der Waals surface area contributed by atoms with Gasteiger partial charge in [0.2, 0.25) is 0 Å². The van der Waals surface area contributed by atoms with Crippen LogP contribution >= 0.6 is 0 Å². The topological polar surface area (TPSA) is 54.2 Å². The molecule has 19 heavy (non-hydrogen) atoms. The molecule has 3 unspecified atom stereocenters. The fraction of sp³-hybridized carbons (Fsp3) is 0.667. The van der Waals surface area contributed by atoms with Crippen LogP contribution in [-0.2, 0) is 0 Å². The number of hydrogen-bond donors (Lipinski definition) is 2. The first-order valence-electron chi connectivity index (χ1n) is 7.29. The monoisotopic (exact) mass is 260 g/mol. The molecule has 3 atom stereocenters. The number of nitrogens with two attached hydrogens (primary N) is 1. The van der Waals surface area contributed by atoms with E-state index in [9.17, 15) is 0 Å². The van der Waals surface area contributed by atoms with Crippen molar-refractivity contribution in [2.45, 2.75) is 50.7 Å². The summed E-state index contributed by atoms with van der Waals surface area (Å²) >= 11 is 0. The van der Waals surface area contributed by atoms with Gasteiger partial charge in [0.25, 0.3) is 0 Å². The lowest BCUT2D eigenvalue weighted by atomic mass is 9.82. The van der Waals surface area contributed by atoms with Gasteiger partial charge in [-0.1, -0.05) is 0 Å². The molecule has 0 aromatic carbocycles. The molecule has 0 amide bonds. The molecule has 1 aromatic heterocycles. The standard InChI is InChI=1S/C15H24N4/c1-10-5-6-17-9-14(10)15(18-16)11-7-12-3-4-13(8-11)19(12)2/h5-6,9,11-13,15,18H,3-4,7-8,16H2,1-2H3. The maximum absolute atomic E-state index is 5.86. The van der Waals surface area contributed by atoms with E-state index in [2.05, 4.69) is 35.3 Å². The van der Waals surface area contributed by atoms with Crippen LogP contribution in [0.1, 0.15) is 42.9 Å². The minimum atomic E-state index is 0.241. The van der Waals surface area contributed by atoms with E-state index in [0.29, 0.717) is 5.92 Å². The van der Waals surface area contributed by atoms with Crippen LogP contribution in [0.2, 0.25) is 0 Å². The maximum atomic E-state index is 5.86. The molecule has 2 saturated heterocycles. The van der Waals surface area contributed by atoms with Crippen LogP contribution in [0.4, 0.5) is 0 Å². The summed E-state index contributed by atoms with van der Waals surface area (Å²) in [6, 6.07) is 3.81. The van der Waals surface area contributed by atoms with Crippen molar-refractivity contribution in [3.8, 4) is 0 Å². The largest absolute Gasteiger partial charge is 0.300 e. The molecule has 2 aliphatic heterocycles. The normalized spacial score (nSPS) is 32.5. The van der Waals surface area contributed by atoms with Crippen molar-refractivity contribution >= 4 is 0 Å². The second-order valence-corrected chi connectivity index (χ2v) is 6.16. The van der Waals surface area contributed by atoms with Crippen molar-refractivity contribution in [2.75, 3.05) is 7.05 Å². The Morgan fingerprint density at radius 2 is 2.05 bits per heavy atom. The molecule has 1 aromatic rings. The predicted octanol–water partition coefficient (Wildman–Crippen LogP) is 1.77. The van der Waals surface area contributed by atoms with Gasteiger partial charge >= 0.3 is 0 Å². The van der Waals surface area contributed by atoms with Crippen molar-refractivity contribution in [1.29, 1.82) is 0 Å². The molecule has 2 bridgehead atoms. The zero-order valence-corrected chi connectivity index (χ0v) is 11.8. The van der Waals surface area contributed by atoms with Gasteiger partial charge in [-0.15, -0.1) is 0 Å². The number of aromatic nitrogens is 1. The number of hydrogen-bond acceptors (Lipinski definition) is 4. The Labute approximate surface area is 115 Å². The van der Waals surface area contributed by atoms with Crippen molar-refractivity contribution < 1.29 is 0 Å². The molecule has 3 N–H and O–H groups in total. The Morgan fingerprint density at radius 3 is 2.63 bits per heavy atom. The molecule has 0 aliphatic carbocycles. The first-order chi connectivity index (χ1) is 9.20. The van der Waals surface area contributed by atoms with E-state index >= 15 is 0 Å². The summed E-state index contributed by atoms with van der Waals surface area (Å²) in [7, 11) is 2.28. The Bertz CT molecular complexity index is 434. The maximum Gasteiger partial charge on any atom is 0.0507 e. The van der Waals surface area contributed by atoms with E-state index < -0.39 is 0 Å². The highest BCUT2D eigenvalue weighted by molar-refractivity contribution is 5.26. The third-order valence-electron chi connectivity index (χ3n) is 5.20. The van der Waals surface area contributed by atoms with Crippen LogP contribution < -0.4 is 11.3 Å². The van der Waals surface area contributed by atoms with E-state index in [0.717, 1.165) is 12.1 Å². The smallest absolute Gasteiger partial charge is 0.0507 e. The minimum absolute atomic E-state index is 0.241. The molecule has 2 fully saturated rings. The van der Waals surface area contributed by atoms with E-state index in [1.807, 2.05) is 12.4 Å². The summed E-state index contributed by atoms with van der Waals surface area (Å²) in [5, 5.41) is 0. The highest BCUT2D eigenvalue weighted by Gasteiger charge is 2.41. The van der Waals surface area contributed by atoms with Crippen LogP contribution in [0.3, 0.4) is 0 Å². The third-order valence-corrected chi connectivity index (χ3v) is 5.20. The van der Waals surface area contributed by atoms with Crippen molar-refractivity contribution in [3.05, 3.63) is 29.6 Å². The van der Waals surface area contributed by atoms with Gasteiger partial charge in [-0.25, -0.2) is 0 Å². The van der Waals surface area contributed by atoms with Gasteiger partial charge in [0.15, 0.2) is 0 Å². The fourth-order valence-electron chi connectivity index (χ4n) is 4.01. The number of rotatable bonds is 3. The summed E-state index contributed by atoms with van der Waals surface area (Å²) in [6.07, 6.45) is 9.01. The Kier molecular flexibility index (Phi) is 3.56. The van der Waals surface area contributed by atoms with E-state index in [4.69, 9.17) is 5.84 Å². The zero-order chi connectivity index (χ0) is 13.4. The lowest BCUT2D eigenvalue weighted by Crippen LogP contribution is -2.45. The van der Waals surface area contributed by atoms with Crippen LogP contribution in [0.5, 0.6) is 0 Å². The molecule has 4 nitrogen and oxygen atoms in total. The first kappa shape index (κ1) is 13.0. The molecule has 0 radical (unpaired) electrons. The van der Waals surface area contributed by atoms with Gasteiger partial charge in [0, 0.05) is 24.5 Å². The lowest BCUT2D eigenvalue weighted by molar-refractivity contribution is 0.112. The third kappa shape index (κ3) is 2.29. The number of pyridine rings is 1. The van der Waals surface area contributed by atoms with Gasteiger partial charge in [0.05, 0.1) is 6.04 Å². The number of hydrazine groups is 1. The van der Waals surface area contributed by atoms with E-state index in [-0.39, 0.29) is 6.04 Å². The molecule has 0 spiro atoms. The summed E-state index contributed by atoms with van der Waals surface area (Å²) in [4.78, 5) is 6.84. The molecular weight excluding hydrogens is 236 g/mol.